The zero-order chi connectivity index (χ0) is 13.8. The normalized spacial score (nSPS) is 10.4. The Balaban J connectivity index is 2.31. The fourth-order valence-electron chi connectivity index (χ4n) is 2.02. The summed E-state index contributed by atoms with van der Waals surface area (Å²) in [5.74, 6) is 0.366. The van der Waals surface area contributed by atoms with E-state index in [-0.39, 0.29) is 5.56 Å². The molecular weight excluding hydrogens is 244 g/mol. The van der Waals surface area contributed by atoms with E-state index in [1.165, 1.54) is 7.11 Å². The van der Waals surface area contributed by atoms with Gasteiger partial charge in [-0.25, -0.2) is 9.78 Å². The van der Waals surface area contributed by atoms with Crippen LogP contribution in [0.1, 0.15) is 28.7 Å². The molecule has 5 heteroatoms. The van der Waals surface area contributed by atoms with E-state index in [9.17, 15) is 4.79 Å². The van der Waals surface area contributed by atoms with Crippen LogP contribution in [0.4, 0.5) is 0 Å². The lowest BCUT2D eigenvalue weighted by atomic mass is 10.1. The molecule has 2 rings (SSSR count). The van der Waals surface area contributed by atoms with Crippen LogP contribution in [0.3, 0.4) is 0 Å². The van der Waals surface area contributed by atoms with Crippen molar-refractivity contribution in [2.45, 2.75) is 19.9 Å². The highest BCUT2D eigenvalue weighted by Gasteiger charge is 2.12. The summed E-state index contributed by atoms with van der Waals surface area (Å²) < 4.78 is 7.05. The maximum Gasteiger partial charge on any atom is 0.339 e. The van der Waals surface area contributed by atoms with E-state index in [4.69, 9.17) is 9.84 Å². The van der Waals surface area contributed by atoms with Crippen molar-refractivity contribution < 1.29 is 14.6 Å². The summed E-state index contributed by atoms with van der Waals surface area (Å²) in [7, 11) is 1.46. The minimum Gasteiger partial charge on any atom is -0.496 e. The molecule has 100 valence electrons. The van der Waals surface area contributed by atoms with Gasteiger partial charge in [-0.05, 0) is 17.7 Å². The van der Waals surface area contributed by atoms with Gasteiger partial charge in [-0.1, -0.05) is 13.0 Å². The first-order valence-electron chi connectivity index (χ1n) is 6.06. The molecule has 0 unspecified atom stereocenters. The Kier molecular flexibility index (Phi) is 3.85. The number of rotatable bonds is 5. The standard InChI is InChI=1S/C14H16N2O3/c1-3-13-15-6-7-16(13)9-10-4-5-12(19-2)11(8-10)14(17)18/h4-8H,3,9H2,1-2H3,(H,17,18). The first kappa shape index (κ1) is 13.1. The monoisotopic (exact) mass is 260 g/mol. The molecule has 0 atom stereocenters. The van der Waals surface area contributed by atoms with Gasteiger partial charge in [0.2, 0.25) is 0 Å². The second-order valence-corrected chi connectivity index (χ2v) is 4.16. The SMILES string of the molecule is CCc1nccn1Cc1ccc(OC)c(C(=O)O)c1. The number of nitrogens with zero attached hydrogens (tertiary/aromatic N) is 2. The third-order valence-electron chi connectivity index (χ3n) is 2.97. The van der Waals surface area contributed by atoms with Crippen LogP contribution in [-0.4, -0.2) is 27.7 Å². The molecule has 0 spiro atoms. The van der Waals surface area contributed by atoms with E-state index < -0.39 is 5.97 Å². The maximum atomic E-state index is 11.2. The summed E-state index contributed by atoms with van der Waals surface area (Å²) in [6.45, 7) is 2.64. The zero-order valence-electron chi connectivity index (χ0n) is 11.0. The Morgan fingerprint density at radius 3 is 2.89 bits per heavy atom. The Morgan fingerprint density at radius 1 is 1.47 bits per heavy atom. The molecular formula is C14H16N2O3. The Labute approximate surface area is 111 Å². The van der Waals surface area contributed by atoms with Gasteiger partial charge in [0.1, 0.15) is 17.1 Å². The van der Waals surface area contributed by atoms with Crippen LogP contribution in [-0.2, 0) is 13.0 Å². The molecule has 1 heterocycles. The van der Waals surface area contributed by atoms with Gasteiger partial charge in [0.15, 0.2) is 0 Å². The van der Waals surface area contributed by atoms with Crippen molar-refractivity contribution >= 4 is 5.97 Å². The number of aromatic carboxylic acids is 1. The predicted molar refractivity (Wildman–Crippen MR) is 70.7 cm³/mol. The summed E-state index contributed by atoms with van der Waals surface area (Å²) in [6, 6.07) is 5.19. The molecule has 0 fully saturated rings. The van der Waals surface area contributed by atoms with Crippen LogP contribution >= 0.6 is 0 Å². The van der Waals surface area contributed by atoms with E-state index in [1.54, 1.807) is 18.3 Å². The molecule has 0 saturated heterocycles. The van der Waals surface area contributed by atoms with Crippen LogP contribution < -0.4 is 4.74 Å². The minimum atomic E-state index is -0.986. The Morgan fingerprint density at radius 2 is 2.26 bits per heavy atom. The van der Waals surface area contributed by atoms with Crippen molar-refractivity contribution in [3.8, 4) is 5.75 Å². The summed E-state index contributed by atoms with van der Waals surface area (Å²) in [5.41, 5.74) is 1.09. The molecule has 0 aliphatic heterocycles. The van der Waals surface area contributed by atoms with E-state index >= 15 is 0 Å². The van der Waals surface area contributed by atoms with Crippen molar-refractivity contribution in [2.75, 3.05) is 7.11 Å². The molecule has 0 aliphatic rings. The molecule has 5 nitrogen and oxygen atoms in total. The summed E-state index contributed by atoms with van der Waals surface area (Å²) >= 11 is 0. The van der Waals surface area contributed by atoms with E-state index in [2.05, 4.69) is 4.98 Å². The first-order chi connectivity index (χ1) is 9.15. The molecule has 2 aromatic rings. The number of benzene rings is 1. The van der Waals surface area contributed by atoms with Crippen molar-refractivity contribution in [2.24, 2.45) is 0 Å². The van der Waals surface area contributed by atoms with Crippen molar-refractivity contribution in [1.29, 1.82) is 0 Å². The fourth-order valence-corrected chi connectivity index (χ4v) is 2.02. The highest BCUT2D eigenvalue weighted by molar-refractivity contribution is 5.91. The zero-order valence-corrected chi connectivity index (χ0v) is 11.0. The minimum absolute atomic E-state index is 0.179. The topological polar surface area (TPSA) is 64.4 Å². The molecule has 0 amide bonds. The van der Waals surface area contributed by atoms with Gasteiger partial charge >= 0.3 is 5.97 Å². The number of ether oxygens (including phenoxy) is 1. The molecule has 0 radical (unpaired) electrons. The third-order valence-corrected chi connectivity index (χ3v) is 2.97. The van der Waals surface area contributed by atoms with E-state index in [0.29, 0.717) is 12.3 Å². The number of carboxylic acids is 1. The second kappa shape index (κ2) is 5.56. The van der Waals surface area contributed by atoms with Crippen LogP contribution in [0, 0.1) is 0 Å². The van der Waals surface area contributed by atoms with Gasteiger partial charge in [-0.15, -0.1) is 0 Å². The Bertz CT molecular complexity index is 590. The fraction of sp³-hybridized carbons (Fsp3) is 0.286. The van der Waals surface area contributed by atoms with Gasteiger partial charge in [0, 0.05) is 25.4 Å². The number of imidazole rings is 1. The van der Waals surface area contributed by atoms with Gasteiger partial charge in [-0.2, -0.15) is 0 Å². The number of aromatic nitrogens is 2. The van der Waals surface area contributed by atoms with E-state index in [1.807, 2.05) is 23.8 Å². The smallest absolute Gasteiger partial charge is 0.339 e. The van der Waals surface area contributed by atoms with Crippen molar-refractivity contribution in [3.05, 3.63) is 47.5 Å². The number of carbonyl (C=O) groups is 1. The lowest BCUT2D eigenvalue weighted by molar-refractivity contribution is 0.0693. The molecule has 0 aliphatic carbocycles. The lowest BCUT2D eigenvalue weighted by Gasteiger charge is -2.10. The summed E-state index contributed by atoms with van der Waals surface area (Å²) in [4.78, 5) is 15.4. The number of methoxy groups -OCH3 is 1. The second-order valence-electron chi connectivity index (χ2n) is 4.16. The largest absolute Gasteiger partial charge is 0.496 e. The molecule has 19 heavy (non-hydrogen) atoms. The Hall–Kier alpha value is -2.30. The van der Waals surface area contributed by atoms with E-state index in [0.717, 1.165) is 17.8 Å². The number of aryl methyl sites for hydroxylation is 1. The van der Waals surface area contributed by atoms with Gasteiger partial charge in [0.25, 0.3) is 0 Å². The molecule has 1 aromatic heterocycles. The quantitative estimate of drug-likeness (QED) is 0.895. The predicted octanol–water partition coefficient (Wildman–Crippen LogP) is 2.20. The van der Waals surface area contributed by atoms with Gasteiger partial charge in [0.05, 0.1) is 7.11 Å². The summed E-state index contributed by atoms with van der Waals surface area (Å²) in [6.07, 6.45) is 4.49. The summed E-state index contributed by atoms with van der Waals surface area (Å²) in [5, 5.41) is 9.15. The van der Waals surface area contributed by atoms with Crippen molar-refractivity contribution in [3.63, 3.8) is 0 Å². The van der Waals surface area contributed by atoms with Crippen LogP contribution in [0.15, 0.2) is 30.6 Å². The number of carboxylic acid groups (broad SMARTS) is 1. The molecule has 1 N–H and O–H groups in total. The van der Waals surface area contributed by atoms with Crippen LogP contribution in [0.25, 0.3) is 0 Å². The third kappa shape index (κ3) is 2.76. The number of hydrogen-bond donors (Lipinski definition) is 1. The van der Waals surface area contributed by atoms with Crippen LogP contribution in [0.5, 0.6) is 5.75 Å². The number of hydrogen-bond acceptors (Lipinski definition) is 3. The average molecular weight is 260 g/mol. The molecule has 0 bridgehead atoms. The lowest BCUT2D eigenvalue weighted by Crippen LogP contribution is -2.06. The van der Waals surface area contributed by atoms with Crippen LogP contribution in [0.2, 0.25) is 0 Å². The van der Waals surface area contributed by atoms with Gasteiger partial charge in [-0.3, -0.25) is 0 Å². The van der Waals surface area contributed by atoms with Gasteiger partial charge < -0.3 is 14.4 Å². The average Bonchev–Trinajstić information content (AvgIpc) is 2.85. The first-order valence-corrected chi connectivity index (χ1v) is 6.06. The molecule has 1 aromatic carbocycles. The highest BCUT2D eigenvalue weighted by Crippen LogP contribution is 2.20. The van der Waals surface area contributed by atoms with Crippen molar-refractivity contribution in [1.82, 2.24) is 9.55 Å². The maximum absolute atomic E-state index is 11.2. The molecule has 0 saturated carbocycles. The highest BCUT2D eigenvalue weighted by atomic mass is 16.5.